The molecule has 4 rings (SSSR count). The van der Waals surface area contributed by atoms with Gasteiger partial charge in [-0.25, -0.2) is 23.3 Å². The van der Waals surface area contributed by atoms with E-state index in [-0.39, 0.29) is 9.28 Å². The van der Waals surface area contributed by atoms with Gasteiger partial charge in [0.1, 0.15) is 45.9 Å². The van der Waals surface area contributed by atoms with Crippen molar-refractivity contribution in [3.8, 4) is 0 Å². The van der Waals surface area contributed by atoms with E-state index in [4.69, 9.17) is 53.7 Å². The molecule has 3 unspecified atom stereocenters. The quantitative estimate of drug-likeness (QED) is 0.0639. The van der Waals surface area contributed by atoms with Crippen molar-refractivity contribution in [1.29, 1.82) is 0 Å². The maximum atomic E-state index is 11.9. The number of aliphatic hydroxyl groups excluding tert-OH is 6. The molecule has 0 amide bonds. The first-order valence-corrected chi connectivity index (χ1v) is 17.7. The number of phosphoric acid groups is 3. The molecule has 0 aromatic carbocycles. The Labute approximate surface area is 270 Å². The zero-order chi connectivity index (χ0) is 35.6. The van der Waals surface area contributed by atoms with Crippen molar-refractivity contribution in [2.24, 2.45) is 0 Å². The number of hydrogen-bond donors (Lipinski definition) is 12. The highest BCUT2D eigenvalue weighted by Gasteiger charge is 2.51. The van der Waals surface area contributed by atoms with Crippen LogP contribution in [0.4, 0.5) is 0 Å². The Morgan fingerprint density at radius 2 is 1.26 bits per heavy atom. The standard InChI is InChI=1S/C9H15N2O15P3S.C9H12N2O5S/c12-4-5(13)7(11-2-1-3(30)10-9(11)15)23-6(4)8(14)24-28(19,20)26-29(21,22)25-27(16,17)18;12-3-4-6(13)7(14)8(16-4)11-2-1-5(17)10-9(11)15/h1-2,4-8,12-14H,(H,19,20)(H,21,22)(H,10,15,30)(H2,16,17,18);1-2,4,6-8,12-14H,3H2,(H,10,15,17)/t4-,5+,6-,7+,8?;4-,6-,7-,8-/m01/s1. The lowest BCUT2D eigenvalue weighted by atomic mass is 10.1. The van der Waals surface area contributed by atoms with Crippen LogP contribution in [-0.4, -0.2) is 119 Å². The molecule has 2 aliphatic rings. The average molecular weight is 776 g/mol. The predicted molar refractivity (Wildman–Crippen MR) is 152 cm³/mol. The molecular weight excluding hydrogens is 749 g/mol. The fourth-order valence-corrected chi connectivity index (χ4v) is 7.36. The number of nitrogens with one attached hydrogen (secondary N) is 2. The summed E-state index contributed by atoms with van der Waals surface area (Å²) in [6.07, 6.45) is -12.1. The van der Waals surface area contributed by atoms with E-state index >= 15 is 0 Å². The Morgan fingerprint density at radius 1 is 0.787 bits per heavy atom. The van der Waals surface area contributed by atoms with E-state index in [9.17, 15) is 53.7 Å². The van der Waals surface area contributed by atoms with Crippen LogP contribution in [0.3, 0.4) is 0 Å². The predicted octanol–water partition coefficient (Wildman–Crippen LogP) is -3.30. The Bertz CT molecular complexity index is 1790. The SMILES string of the molecule is O=c1[nH]c(=S)ccn1[C@@H]1O[C@H](C(O)OP(=O)(O)OP(=O)(O)OP(=O)(O)O)[C@@H](O)[C@H]1O.O=c1[nH]c(=S)ccn1[C@@H]1O[C@H](CO)[C@@H](O)[C@H]1O. The normalized spacial score (nSPS) is 30.9. The van der Waals surface area contributed by atoms with Crippen LogP contribution in [0.2, 0.25) is 0 Å². The summed E-state index contributed by atoms with van der Waals surface area (Å²) >= 11 is 9.50. The molecule has 0 aliphatic carbocycles. The Morgan fingerprint density at radius 3 is 1.68 bits per heavy atom. The molecule has 12 N–H and O–H groups in total. The third-order valence-electron chi connectivity index (χ3n) is 5.98. The van der Waals surface area contributed by atoms with Gasteiger partial charge in [-0.15, -0.1) is 0 Å². The molecule has 2 aromatic heterocycles. The van der Waals surface area contributed by atoms with E-state index in [0.717, 1.165) is 15.3 Å². The van der Waals surface area contributed by atoms with Crippen molar-refractivity contribution < 1.29 is 86.5 Å². The minimum atomic E-state index is -5.85. The van der Waals surface area contributed by atoms with E-state index in [1.165, 1.54) is 18.3 Å². The van der Waals surface area contributed by atoms with Crippen molar-refractivity contribution >= 4 is 47.9 Å². The monoisotopic (exact) mass is 776 g/mol. The minimum Gasteiger partial charge on any atom is -0.394 e. The minimum absolute atomic E-state index is 0.0357. The third-order valence-corrected chi connectivity index (χ3v) is 10.3. The third kappa shape index (κ3) is 10.4. The number of ether oxygens (including phenoxy) is 2. The number of phosphoric ester groups is 1. The number of rotatable bonds is 10. The Hall–Kier alpha value is -1.71. The zero-order valence-corrected chi connectivity index (χ0v) is 27.1. The summed E-state index contributed by atoms with van der Waals surface area (Å²) in [6, 6.07) is 2.69. The number of aromatic nitrogens is 4. The molecule has 24 nitrogen and oxygen atoms in total. The molecule has 11 atom stereocenters. The van der Waals surface area contributed by atoms with E-state index < -0.39 is 96.8 Å². The van der Waals surface area contributed by atoms with Crippen LogP contribution in [-0.2, 0) is 36.3 Å². The van der Waals surface area contributed by atoms with Gasteiger partial charge in [-0.1, -0.05) is 24.4 Å². The Kier molecular flexibility index (Phi) is 13.1. The first kappa shape index (κ1) is 39.7. The molecule has 2 saturated heterocycles. The van der Waals surface area contributed by atoms with Crippen molar-refractivity contribution in [3.05, 3.63) is 54.8 Å². The average Bonchev–Trinajstić information content (AvgIpc) is 3.36. The van der Waals surface area contributed by atoms with Crippen LogP contribution in [0.1, 0.15) is 12.5 Å². The van der Waals surface area contributed by atoms with Crippen LogP contribution in [0, 0.1) is 9.28 Å². The molecule has 0 saturated carbocycles. The molecule has 266 valence electrons. The van der Waals surface area contributed by atoms with Gasteiger partial charge in [-0.2, -0.15) is 8.62 Å². The molecule has 2 aromatic rings. The first-order chi connectivity index (χ1) is 21.6. The summed E-state index contributed by atoms with van der Waals surface area (Å²) in [5.41, 5.74) is -1.42. The summed E-state index contributed by atoms with van der Waals surface area (Å²) in [5, 5.41) is 58.1. The van der Waals surface area contributed by atoms with Crippen molar-refractivity contribution in [3.63, 3.8) is 0 Å². The highest BCUT2D eigenvalue weighted by Crippen LogP contribution is 2.66. The second-order valence-electron chi connectivity index (χ2n) is 9.32. The second-order valence-corrected chi connectivity index (χ2v) is 14.6. The highest BCUT2D eigenvalue weighted by molar-refractivity contribution is 7.71. The maximum absolute atomic E-state index is 11.9. The fraction of sp³-hybridized carbons (Fsp3) is 0.556. The topological polar surface area (TPSA) is 375 Å². The summed E-state index contributed by atoms with van der Waals surface area (Å²) in [7, 11) is -17.2. The van der Waals surface area contributed by atoms with Crippen LogP contribution in [0.5, 0.6) is 0 Å². The van der Waals surface area contributed by atoms with E-state index in [1.807, 2.05) is 0 Å². The molecular formula is C18H27N4O20P3S2. The molecule has 2 fully saturated rings. The van der Waals surface area contributed by atoms with Crippen molar-refractivity contribution in [1.82, 2.24) is 19.1 Å². The largest absolute Gasteiger partial charge is 0.490 e. The van der Waals surface area contributed by atoms with Gasteiger partial charge >= 0.3 is 34.8 Å². The van der Waals surface area contributed by atoms with E-state index in [0.29, 0.717) is 0 Å². The number of hydrogen-bond acceptors (Lipinski definition) is 18. The van der Waals surface area contributed by atoms with Gasteiger partial charge in [0, 0.05) is 12.4 Å². The van der Waals surface area contributed by atoms with Crippen LogP contribution < -0.4 is 11.4 Å². The van der Waals surface area contributed by atoms with Gasteiger partial charge in [-0.05, 0) is 12.1 Å². The second kappa shape index (κ2) is 15.5. The van der Waals surface area contributed by atoms with Crippen molar-refractivity contribution in [2.45, 2.75) is 55.4 Å². The van der Waals surface area contributed by atoms with Gasteiger partial charge in [0.2, 0.25) is 0 Å². The number of H-pyrrole nitrogens is 2. The van der Waals surface area contributed by atoms with Crippen LogP contribution in [0.25, 0.3) is 0 Å². The summed E-state index contributed by atoms with van der Waals surface area (Å²) < 4.78 is 57.0. The molecule has 4 heterocycles. The molecule has 0 radical (unpaired) electrons. The Balaban J connectivity index is 0.000000297. The smallest absolute Gasteiger partial charge is 0.394 e. The molecule has 2 aliphatic heterocycles. The molecule has 0 bridgehead atoms. The lowest BCUT2D eigenvalue weighted by Crippen LogP contribution is -2.39. The summed E-state index contributed by atoms with van der Waals surface area (Å²) in [5.74, 6) is 0. The zero-order valence-electron chi connectivity index (χ0n) is 22.8. The molecule has 29 heteroatoms. The number of aromatic amines is 2. The highest BCUT2D eigenvalue weighted by atomic mass is 32.1. The summed E-state index contributed by atoms with van der Waals surface area (Å²) in [6.45, 7) is -0.438. The maximum Gasteiger partial charge on any atom is 0.490 e. The molecule has 0 spiro atoms. The first-order valence-electron chi connectivity index (χ1n) is 12.3. The van der Waals surface area contributed by atoms with Gasteiger partial charge < -0.3 is 59.7 Å². The van der Waals surface area contributed by atoms with Gasteiger partial charge in [0.25, 0.3) is 0 Å². The lowest BCUT2D eigenvalue weighted by molar-refractivity contribution is -0.161. The molecule has 47 heavy (non-hydrogen) atoms. The van der Waals surface area contributed by atoms with Crippen LogP contribution >= 0.6 is 47.9 Å². The van der Waals surface area contributed by atoms with Crippen LogP contribution in [0.15, 0.2) is 34.1 Å². The number of aliphatic hydroxyl groups is 6. The van der Waals surface area contributed by atoms with Gasteiger partial charge in [-0.3, -0.25) is 23.6 Å². The van der Waals surface area contributed by atoms with E-state index in [2.05, 4.69) is 23.1 Å². The van der Waals surface area contributed by atoms with Crippen molar-refractivity contribution in [2.75, 3.05) is 6.61 Å². The van der Waals surface area contributed by atoms with Gasteiger partial charge in [0.15, 0.2) is 18.7 Å². The van der Waals surface area contributed by atoms with E-state index in [1.54, 1.807) is 0 Å². The van der Waals surface area contributed by atoms with Gasteiger partial charge in [0.05, 0.1) is 6.61 Å². The fourth-order valence-electron chi connectivity index (χ4n) is 4.01. The number of nitrogens with zero attached hydrogens (tertiary/aromatic N) is 2. The summed E-state index contributed by atoms with van der Waals surface area (Å²) in [4.78, 5) is 63.4. The lowest BCUT2D eigenvalue weighted by Gasteiger charge is -2.23.